The first-order chi connectivity index (χ1) is 15.7. The molecule has 7 heteroatoms. The maximum Gasteiger partial charge on any atom is 0.223 e. The molecule has 5 rings (SSSR count). The number of carbonyl (C=O) groups excluding carboxylic acids is 2. The van der Waals surface area contributed by atoms with Crippen molar-refractivity contribution in [1.29, 1.82) is 0 Å². The van der Waals surface area contributed by atoms with Crippen LogP contribution in [0.1, 0.15) is 30.7 Å². The smallest absolute Gasteiger partial charge is 0.223 e. The Morgan fingerprint density at radius 2 is 1.78 bits per heavy atom. The number of carbonyl (C=O) groups is 2. The van der Waals surface area contributed by atoms with Crippen LogP contribution in [-0.4, -0.2) is 62.1 Å². The Labute approximate surface area is 188 Å². The molecular formula is C25H29N3O4. The standard InChI is InChI=1S/C25H29N3O4/c29-23-10-9-20(26-23)19(18-5-2-1-3-6-18)17-24(30)28-13-11-27(12-14-28)21-7-4-8-22-25(21)32-16-15-31-22/h1-8,19-20H,9-17H2,(H,26,29). The third kappa shape index (κ3) is 4.24. The lowest BCUT2D eigenvalue weighted by molar-refractivity contribution is -0.132. The van der Waals surface area contributed by atoms with Gasteiger partial charge in [-0.05, 0) is 24.1 Å². The number of nitrogens with one attached hydrogen (secondary N) is 1. The summed E-state index contributed by atoms with van der Waals surface area (Å²) in [6, 6.07) is 16.1. The molecule has 0 radical (unpaired) electrons. The molecule has 2 atom stereocenters. The van der Waals surface area contributed by atoms with Crippen LogP contribution in [0.15, 0.2) is 48.5 Å². The number of para-hydroxylation sites is 1. The van der Waals surface area contributed by atoms with E-state index in [4.69, 9.17) is 9.47 Å². The molecule has 1 N–H and O–H groups in total. The summed E-state index contributed by atoms with van der Waals surface area (Å²) in [5, 5.41) is 3.07. The van der Waals surface area contributed by atoms with E-state index in [2.05, 4.69) is 28.4 Å². The molecule has 2 unspecified atom stereocenters. The second-order valence-corrected chi connectivity index (χ2v) is 8.60. The Balaban J connectivity index is 1.24. The number of hydrogen-bond acceptors (Lipinski definition) is 5. The van der Waals surface area contributed by atoms with Gasteiger partial charge in [0.15, 0.2) is 11.5 Å². The van der Waals surface area contributed by atoms with Crippen molar-refractivity contribution in [2.45, 2.75) is 31.2 Å². The molecule has 32 heavy (non-hydrogen) atoms. The number of hydrogen-bond donors (Lipinski definition) is 1. The maximum atomic E-state index is 13.2. The lowest BCUT2D eigenvalue weighted by atomic mass is 9.87. The molecule has 2 saturated heterocycles. The van der Waals surface area contributed by atoms with Gasteiger partial charge in [-0.2, -0.15) is 0 Å². The number of anilines is 1. The van der Waals surface area contributed by atoms with E-state index in [0.717, 1.165) is 42.3 Å². The maximum absolute atomic E-state index is 13.2. The van der Waals surface area contributed by atoms with E-state index in [-0.39, 0.29) is 23.8 Å². The number of piperazine rings is 1. The molecule has 2 fully saturated rings. The molecule has 3 aliphatic heterocycles. The van der Waals surface area contributed by atoms with E-state index in [1.165, 1.54) is 0 Å². The van der Waals surface area contributed by atoms with Crippen LogP contribution in [0, 0.1) is 0 Å². The highest BCUT2D eigenvalue weighted by atomic mass is 16.6. The molecule has 3 aliphatic rings. The zero-order chi connectivity index (χ0) is 21.9. The van der Waals surface area contributed by atoms with E-state index in [1.54, 1.807) is 0 Å². The Bertz CT molecular complexity index is 972. The third-order valence-electron chi connectivity index (χ3n) is 6.66. The van der Waals surface area contributed by atoms with Crippen LogP contribution < -0.4 is 19.7 Å². The fourth-order valence-corrected chi connectivity index (χ4v) is 4.95. The van der Waals surface area contributed by atoms with Gasteiger partial charge in [0.1, 0.15) is 13.2 Å². The first-order valence-corrected chi connectivity index (χ1v) is 11.4. The third-order valence-corrected chi connectivity index (χ3v) is 6.66. The van der Waals surface area contributed by atoms with Gasteiger partial charge in [0.25, 0.3) is 0 Å². The van der Waals surface area contributed by atoms with Gasteiger partial charge in [0.2, 0.25) is 11.8 Å². The van der Waals surface area contributed by atoms with Gasteiger partial charge in [0.05, 0.1) is 5.69 Å². The van der Waals surface area contributed by atoms with Crippen molar-refractivity contribution in [3.05, 3.63) is 54.1 Å². The molecule has 2 amide bonds. The average molecular weight is 436 g/mol. The molecule has 0 saturated carbocycles. The Morgan fingerprint density at radius 3 is 2.53 bits per heavy atom. The van der Waals surface area contributed by atoms with E-state index in [1.807, 2.05) is 35.2 Å². The zero-order valence-corrected chi connectivity index (χ0v) is 18.2. The number of rotatable bonds is 5. The fraction of sp³-hybridized carbons (Fsp3) is 0.440. The number of nitrogens with zero attached hydrogens (tertiary/aromatic N) is 2. The Kier molecular flexibility index (Phi) is 5.88. The number of benzene rings is 2. The lowest BCUT2D eigenvalue weighted by Crippen LogP contribution is -2.49. The summed E-state index contributed by atoms with van der Waals surface area (Å²) < 4.78 is 11.6. The summed E-state index contributed by atoms with van der Waals surface area (Å²) in [7, 11) is 0. The van der Waals surface area contributed by atoms with Crippen LogP contribution in [0.2, 0.25) is 0 Å². The minimum atomic E-state index is -0.000120. The monoisotopic (exact) mass is 435 g/mol. The van der Waals surface area contributed by atoms with E-state index in [9.17, 15) is 9.59 Å². The molecule has 0 aromatic heterocycles. The van der Waals surface area contributed by atoms with Gasteiger partial charge in [-0.25, -0.2) is 0 Å². The van der Waals surface area contributed by atoms with Gasteiger partial charge < -0.3 is 24.6 Å². The van der Waals surface area contributed by atoms with Crippen molar-refractivity contribution in [2.75, 3.05) is 44.3 Å². The van der Waals surface area contributed by atoms with Crippen molar-refractivity contribution in [3.63, 3.8) is 0 Å². The van der Waals surface area contributed by atoms with E-state index in [0.29, 0.717) is 39.1 Å². The molecule has 0 aliphatic carbocycles. The highest BCUT2D eigenvalue weighted by Crippen LogP contribution is 2.40. The van der Waals surface area contributed by atoms with Crippen molar-refractivity contribution < 1.29 is 19.1 Å². The van der Waals surface area contributed by atoms with Crippen molar-refractivity contribution in [2.24, 2.45) is 0 Å². The number of fused-ring (bicyclic) bond motifs is 1. The van der Waals surface area contributed by atoms with Crippen molar-refractivity contribution >= 4 is 17.5 Å². The second kappa shape index (κ2) is 9.10. The summed E-state index contributed by atoms with van der Waals surface area (Å²) in [6.45, 7) is 3.97. The average Bonchev–Trinajstić information content (AvgIpc) is 3.28. The van der Waals surface area contributed by atoms with Crippen LogP contribution in [-0.2, 0) is 9.59 Å². The molecule has 2 aromatic rings. The van der Waals surface area contributed by atoms with E-state index < -0.39 is 0 Å². The van der Waals surface area contributed by atoms with Crippen LogP contribution in [0.25, 0.3) is 0 Å². The molecule has 0 bridgehead atoms. The van der Waals surface area contributed by atoms with Gasteiger partial charge in [-0.15, -0.1) is 0 Å². The highest BCUT2D eigenvalue weighted by molar-refractivity contribution is 5.80. The summed E-state index contributed by atoms with van der Waals surface area (Å²) in [6.07, 6.45) is 1.72. The minimum Gasteiger partial charge on any atom is -0.486 e. The van der Waals surface area contributed by atoms with Gasteiger partial charge >= 0.3 is 0 Å². The molecule has 3 heterocycles. The second-order valence-electron chi connectivity index (χ2n) is 8.60. The van der Waals surface area contributed by atoms with E-state index >= 15 is 0 Å². The first-order valence-electron chi connectivity index (χ1n) is 11.4. The largest absolute Gasteiger partial charge is 0.486 e. The van der Waals surface area contributed by atoms with Crippen LogP contribution in [0.3, 0.4) is 0 Å². The lowest BCUT2D eigenvalue weighted by Gasteiger charge is -2.38. The predicted octanol–water partition coefficient (Wildman–Crippen LogP) is 2.56. The van der Waals surface area contributed by atoms with Gasteiger partial charge in [-0.1, -0.05) is 36.4 Å². The van der Waals surface area contributed by atoms with Crippen molar-refractivity contribution in [1.82, 2.24) is 10.2 Å². The van der Waals surface area contributed by atoms with Crippen LogP contribution in [0.5, 0.6) is 11.5 Å². The number of ether oxygens (including phenoxy) is 2. The Morgan fingerprint density at radius 1 is 1.00 bits per heavy atom. The topological polar surface area (TPSA) is 71.1 Å². The highest BCUT2D eigenvalue weighted by Gasteiger charge is 2.33. The van der Waals surface area contributed by atoms with Gasteiger partial charge in [0, 0.05) is 51.0 Å². The SMILES string of the molecule is O=C1CCC(C(CC(=O)N2CCN(c3cccc4c3OCCO4)CC2)c2ccccc2)N1. The molecule has 0 spiro atoms. The Hall–Kier alpha value is -3.22. The molecular weight excluding hydrogens is 406 g/mol. The molecule has 7 nitrogen and oxygen atoms in total. The molecule has 168 valence electrons. The van der Waals surface area contributed by atoms with Crippen LogP contribution >= 0.6 is 0 Å². The summed E-state index contributed by atoms with van der Waals surface area (Å²) in [5.41, 5.74) is 2.14. The van der Waals surface area contributed by atoms with Crippen molar-refractivity contribution in [3.8, 4) is 11.5 Å². The minimum absolute atomic E-state index is 0.000120. The molecule has 2 aromatic carbocycles. The van der Waals surface area contributed by atoms with Gasteiger partial charge in [-0.3, -0.25) is 9.59 Å². The predicted molar refractivity (Wildman–Crippen MR) is 121 cm³/mol. The first kappa shape index (κ1) is 20.7. The normalized spacial score (nSPS) is 21.2. The summed E-state index contributed by atoms with van der Waals surface area (Å²) in [5.74, 6) is 1.82. The quantitative estimate of drug-likeness (QED) is 0.782. The zero-order valence-electron chi connectivity index (χ0n) is 18.2. The van der Waals surface area contributed by atoms with Crippen LogP contribution in [0.4, 0.5) is 5.69 Å². The number of amides is 2. The summed E-state index contributed by atoms with van der Waals surface area (Å²) in [4.78, 5) is 29.3. The fourth-order valence-electron chi connectivity index (χ4n) is 4.95. The summed E-state index contributed by atoms with van der Waals surface area (Å²) >= 11 is 0.